The topological polar surface area (TPSA) is 67.5 Å². The molecule has 0 aliphatic carbocycles. The van der Waals surface area contributed by atoms with Gasteiger partial charge in [0, 0.05) is 24.2 Å². The summed E-state index contributed by atoms with van der Waals surface area (Å²) in [6, 6.07) is 3.94. The van der Waals surface area contributed by atoms with Crippen molar-refractivity contribution in [2.45, 2.75) is 0 Å². The first-order chi connectivity index (χ1) is 9.56. The third-order valence-electron chi connectivity index (χ3n) is 2.78. The summed E-state index contributed by atoms with van der Waals surface area (Å²) < 4.78 is 14.6. The van der Waals surface area contributed by atoms with E-state index in [1.54, 1.807) is 12.4 Å². The Hall–Kier alpha value is -2.47. The largest absolute Gasteiger partial charge is 0.476 e. The highest BCUT2D eigenvalue weighted by Crippen LogP contribution is 2.28. The first-order valence-electron chi connectivity index (χ1n) is 5.58. The molecule has 20 heavy (non-hydrogen) atoms. The number of carboxylic acids is 1. The Labute approximate surface area is 117 Å². The summed E-state index contributed by atoms with van der Waals surface area (Å²) in [7, 11) is 0. The highest BCUT2D eigenvalue weighted by atomic mass is 35.5. The molecule has 0 unspecified atom stereocenters. The summed E-state index contributed by atoms with van der Waals surface area (Å²) in [4.78, 5) is 19.1. The van der Waals surface area contributed by atoms with E-state index in [9.17, 15) is 9.18 Å². The van der Waals surface area contributed by atoms with Crippen molar-refractivity contribution in [3.63, 3.8) is 0 Å². The summed E-state index contributed by atoms with van der Waals surface area (Å²) in [6.45, 7) is 0. The Morgan fingerprint density at radius 1 is 1.40 bits per heavy atom. The second-order valence-electron chi connectivity index (χ2n) is 4.06. The molecule has 1 aromatic carbocycles. The number of aromatic nitrogens is 3. The molecule has 0 saturated carbocycles. The van der Waals surface area contributed by atoms with Crippen LogP contribution in [0.3, 0.4) is 0 Å². The minimum absolute atomic E-state index is 0.156. The molecule has 100 valence electrons. The van der Waals surface area contributed by atoms with Gasteiger partial charge < -0.3 is 9.51 Å². The van der Waals surface area contributed by atoms with Crippen LogP contribution in [0.4, 0.5) is 4.39 Å². The minimum atomic E-state index is -1.17. The number of hydrogen-bond acceptors (Lipinski definition) is 3. The maximum absolute atomic E-state index is 13.0. The first-order valence-corrected chi connectivity index (χ1v) is 5.96. The smallest absolute Gasteiger partial charge is 0.358 e. The van der Waals surface area contributed by atoms with Gasteiger partial charge in [0.2, 0.25) is 0 Å². The lowest BCUT2D eigenvalue weighted by Crippen LogP contribution is -2.03. The van der Waals surface area contributed by atoms with E-state index in [1.807, 2.05) is 0 Å². The van der Waals surface area contributed by atoms with Gasteiger partial charge >= 0.3 is 5.97 Å². The summed E-state index contributed by atoms with van der Waals surface area (Å²) in [5.41, 5.74) is 1.02. The van der Waals surface area contributed by atoms with Crippen molar-refractivity contribution in [1.82, 2.24) is 14.4 Å². The Balaban J connectivity index is 2.23. The molecule has 0 bridgehead atoms. The van der Waals surface area contributed by atoms with E-state index in [0.717, 1.165) is 0 Å². The molecule has 0 amide bonds. The zero-order chi connectivity index (χ0) is 14.3. The third-order valence-corrected chi connectivity index (χ3v) is 3.10. The predicted molar refractivity (Wildman–Crippen MR) is 70.4 cm³/mol. The number of benzene rings is 1. The van der Waals surface area contributed by atoms with E-state index in [0.29, 0.717) is 11.3 Å². The molecule has 0 aliphatic heterocycles. The molecule has 0 radical (unpaired) electrons. The van der Waals surface area contributed by atoms with Gasteiger partial charge in [-0.2, -0.15) is 0 Å². The molecule has 3 aromatic rings. The maximum Gasteiger partial charge on any atom is 0.358 e. The molecule has 0 spiro atoms. The van der Waals surface area contributed by atoms with Gasteiger partial charge in [-0.15, -0.1) is 0 Å². The number of halogens is 2. The molecule has 0 saturated heterocycles. The summed E-state index contributed by atoms with van der Waals surface area (Å²) >= 11 is 5.97. The van der Waals surface area contributed by atoms with Crippen LogP contribution in [-0.4, -0.2) is 25.4 Å². The van der Waals surface area contributed by atoms with E-state index in [2.05, 4.69) is 9.97 Å². The number of aromatic carboxylic acids is 1. The normalized spacial score (nSPS) is 10.9. The summed E-state index contributed by atoms with van der Waals surface area (Å²) in [6.07, 6.45) is 4.56. The Morgan fingerprint density at radius 2 is 2.20 bits per heavy atom. The van der Waals surface area contributed by atoms with Crippen molar-refractivity contribution in [3.05, 3.63) is 53.3 Å². The monoisotopic (exact) mass is 291 g/mol. The van der Waals surface area contributed by atoms with Crippen molar-refractivity contribution < 1.29 is 14.3 Å². The quantitative estimate of drug-likeness (QED) is 0.788. The SMILES string of the molecule is O=C(O)c1nccn2cc(-c3ccc(F)cc3Cl)nc12. The van der Waals surface area contributed by atoms with Crippen molar-refractivity contribution >= 4 is 23.2 Å². The number of rotatable bonds is 2. The van der Waals surface area contributed by atoms with Crippen LogP contribution >= 0.6 is 11.6 Å². The van der Waals surface area contributed by atoms with Crippen LogP contribution in [-0.2, 0) is 0 Å². The molecule has 3 rings (SSSR count). The fourth-order valence-corrected chi connectivity index (χ4v) is 2.16. The number of carbonyl (C=O) groups is 1. The lowest BCUT2D eigenvalue weighted by molar-refractivity contribution is 0.0692. The average Bonchev–Trinajstić information content (AvgIpc) is 2.81. The molecule has 7 heteroatoms. The zero-order valence-corrected chi connectivity index (χ0v) is 10.7. The molecule has 1 N–H and O–H groups in total. The molecule has 0 fully saturated rings. The molecule has 2 aromatic heterocycles. The lowest BCUT2D eigenvalue weighted by atomic mass is 10.2. The van der Waals surface area contributed by atoms with E-state index in [4.69, 9.17) is 16.7 Å². The van der Waals surface area contributed by atoms with Gasteiger partial charge in [0.1, 0.15) is 5.82 Å². The van der Waals surface area contributed by atoms with E-state index in [-0.39, 0.29) is 16.4 Å². The van der Waals surface area contributed by atoms with Crippen LogP contribution in [0.5, 0.6) is 0 Å². The van der Waals surface area contributed by atoms with Crippen LogP contribution < -0.4 is 0 Å². The molecule has 2 heterocycles. The first kappa shape index (κ1) is 12.6. The number of fused-ring (bicyclic) bond motifs is 1. The fraction of sp³-hybridized carbons (Fsp3) is 0. The minimum Gasteiger partial charge on any atom is -0.476 e. The van der Waals surface area contributed by atoms with Gasteiger partial charge in [-0.25, -0.2) is 19.2 Å². The van der Waals surface area contributed by atoms with Gasteiger partial charge in [0.25, 0.3) is 0 Å². The van der Waals surface area contributed by atoms with Crippen LogP contribution in [0.15, 0.2) is 36.8 Å². The maximum atomic E-state index is 13.0. The van der Waals surface area contributed by atoms with Crippen LogP contribution in [0, 0.1) is 5.82 Å². The van der Waals surface area contributed by atoms with Crippen LogP contribution in [0.2, 0.25) is 5.02 Å². The fourth-order valence-electron chi connectivity index (χ4n) is 1.90. The van der Waals surface area contributed by atoms with Crippen molar-refractivity contribution in [2.24, 2.45) is 0 Å². The zero-order valence-electron chi connectivity index (χ0n) is 9.92. The van der Waals surface area contributed by atoms with Gasteiger partial charge in [-0.05, 0) is 18.2 Å². The van der Waals surface area contributed by atoms with Gasteiger partial charge in [0.15, 0.2) is 11.3 Å². The molecule has 0 aliphatic rings. The van der Waals surface area contributed by atoms with Gasteiger partial charge in [-0.1, -0.05) is 11.6 Å². The number of nitrogens with zero attached hydrogens (tertiary/aromatic N) is 3. The standard InChI is InChI=1S/C13H7ClFN3O2/c14-9-5-7(15)1-2-8(9)10-6-18-4-3-16-11(13(19)20)12(18)17-10/h1-6H,(H,19,20). The molecule has 5 nitrogen and oxygen atoms in total. The Kier molecular flexibility index (Phi) is 2.87. The average molecular weight is 292 g/mol. The number of carboxylic acid groups (broad SMARTS) is 1. The third kappa shape index (κ3) is 2.00. The number of imidazole rings is 1. The highest BCUT2D eigenvalue weighted by Gasteiger charge is 2.15. The number of hydrogen-bond donors (Lipinski definition) is 1. The van der Waals surface area contributed by atoms with Gasteiger partial charge in [-0.3, -0.25) is 0 Å². The van der Waals surface area contributed by atoms with Crippen LogP contribution in [0.25, 0.3) is 16.9 Å². The second-order valence-corrected chi connectivity index (χ2v) is 4.47. The van der Waals surface area contributed by atoms with Crippen molar-refractivity contribution in [3.8, 4) is 11.3 Å². The summed E-state index contributed by atoms with van der Waals surface area (Å²) in [5, 5.41) is 9.27. The highest BCUT2D eigenvalue weighted by molar-refractivity contribution is 6.33. The predicted octanol–water partition coefficient (Wildman–Crippen LogP) is 2.89. The Bertz CT molecular complexity index is 832. The van der Waals surface area contributed by atoms with Gasteiger partial charge in [0.05, 0.1) is 10.7 Å². The van der Waals surface area contributed by atoms with Crippen molar-refractivity contribution in [1.29, 1.82) is 0 Å². The summed E-state index contributed by atoms with van der Waals surface area (Å²) in [5.74, 6) is -1.62. The van der Waals surface area contributed by atoms with Crippen LogP contribution in [0.1, 0.15) is 10.5 Å². The van der Waals surface area contributed by atoms with E-state index < -0.39 is 11.8 Å². The molecule has 0 atom stereocenters. The Morgan fingerprint density at radius 3 is 2.90 bits per heavy atom. The van der Waals surface area contributed by atoms with E-state index in [1.165, 1.54) is 28.8 Å². The van der Waals surface area contributed by atoms with E-state index >= 15 is 0 Å². The molecular formula is C13H7ClFN3O2. The lowest BCUT2D eigenvalue weighted by Gasteiger charge is -1.99. The molecular weight excluding hydrogens is 285 g/mol. The second kappa shape index (κ2) is 4.57. The van der Waals surface area contributed by atoms with Crippen molar-refractivity contribution in [2.75, 3.05) is 0 Å².